The summed E-state index contributed by atoms with van der Waals surface area (Å²) >= 11 is 0. The van der Waals surface area contributed by atoms with Gasteiger partial charge in [0.2, 0.25) is 0 Å². The lowest BCUT2D eigenvalue weighted by molar-refractivity contribution is 1.38. The van der Waals surface area contributed by atoms with E-state index in [1.54, 1.807) is 0 Å². The average Bonchev–Trinajstić information content (AvgIpc) is 2.60. The highest BCUT2D eigenvalue weighted by molar-refractivity contribution is 6.75. The van der Waals surface area contributed by atoms with Crippen molar-refractivity contribution in [3.05, 3.63) is 84.4 Å². The van der Waals surface area contributed by atoms with Crippen LogP contribution in [0.4, 0.5) is 5.69 Å². The van der Waals surface area contributed by atoms with Crippen molar-refractivity contribution >= 4 is 40.2 Å². The van der Waals surface area contributed by atoms with Crippen molar-refractivity contribution in [2.75, 3.05) is 4.81 Å². The number of hydrogen-bond donors (Lipinski definition) is 0. The fourth-order valence-electron chi connectivity index (χ4n) is 3.60. The number of allylic oxidation sites excluding steroid dienone is 2. The minimum absolute atomic E-state index is 0.321. The minimum Gasteiger partial charge on any atom is -0.383 e. The molecule has 0 unspecified atom stereocenters. The fourth-order valence-corrected chi connectivity index (χ4v) is 3.60. The van der Waals surface area contributed by atoms with Crippen molar-refractivity contribution in [1.82, 2.24) is 0 Å². The van der Waals surface area contributed by atoms with Crippen molar-refractivity contribution in [3.8, 4) is 0 Å². The maximum Gasteiger partial charge on any atom is 0.312 e. The Balaban J connectivity index is 1.96. The van der Waals surface area contributed by atoms with E-state index in [1.165, 1.54) is 32.8 Å². The summed E-state index contributed by atoms with van der Waals surface area (Å²) in [5, 5.41) is 5.28. The lowest BCUT2D eigenvalue weighted by Crippen LogP contribution is -2.36. The van der Waals surface area contributed by atoms with Crippen LogP contribution in [0.5, 0.6) is 0 Å². The van der Waals surface area contributed by atoms with Crippen LogP contribution in [-0.2, 0) is 0 Å². The first-order valence-electron chi connectivity index (χ1n) is 7.68. The van der Waals surface area contributed by atoms with Crippen LogP contribution < -0.4 is 4.81 Å². The number of anilines is 1. The maximum absolute atomic E-state index is 2.38. The summed E-state index contributed by atoms with van der Waals surface area (Å²) in [6, 6.07) is 17.6. The van der Waals surface area contributed by atoms with Crippen LogP contribution >= 0.6 is 0 Å². The first-order chi connectivity index (χ1) is 10.9. The molecule has 0 radical (unpaired) electrons. The van der Waals surface area contributed by atoms with Crippen LogP contribution in [0.1, 0.15) is 5.56 Å². The van der Waals surface area contributed by atoms with Gasteiger partial charge in [0.25, 0.3) is 0 Å². The molecule has 0 bridgehead atoms. The van der Waals surface area contributed by atoms with E-state index in [1.807, 2.05) is 0 Å². The average molecular weight is 279 g/mol. The van der Waals surface area contributed by atoms with Crippen LogP contribution in [0, 0.1) is 0 Å². The summed E-state index contributed by atoms with van der Waals surface area (Å²) in [4.78, 5) is 2.38. The van der Waals surface area contributed by atoms with E-state index in [0.29, 0.717) is 6.85 Å². The van der Waals surface area contributed by atoms with Gasteiger partial charge in [0.05, 0.1) is 0 Å². The lowest BCUT2D eigenvalue weighted by atomic mass is 9.57. The summed E-state index contributed by atoms with van der Waals surface area (Å²) < 4.78 is 0. The number of nitrogens with zero attached hydrogens (tertiary/aromatic N) is 1. The SMILES string of the molecule is C1=CB2C=Cc3ccc4ccc5ccccc5c4c3N2C=C1. The van der Waals surface area contributed by atoms with E-state index in [-0.39, 0.29) is 0 Å². The number of benzene rings is 3. The Bertz CT molecular complexity index is 997. The van der Waals surface area contributed by atoms with Gasteiger partial charge in [0, 0.05) is 11.1 Å². The molecule has 2 aliphatic heterocycles. The highest BCUT2D eigenvalue weighted by Crippen LogP contribution is 2.40. The second-order valence-corrected chi connectivity index (χ2v) is 5.87. The molecule has 2 aliphatic rings. The van der Waals surface area contributed by atoms with Crippen molar-refractivity contribution in [3.63, 3.8) is 0 Å². The molecule has 3 aromatic carbocycles. The molecule has 0 atom stereocenters. The predicted octanol–water partition coefficient (Wildman–Crippen LogP) is 4.98. The Labute approximate surface area is 130 Å². The minimum atomic E-state index is 0.321. The quantitative estimate of drug-likeness (QED) is 0.414. The van der Waals surface area contributed by atoms with E-state index >= 15 is 0 Å². The Hall–Kier alpha value is -2.74. The molecule has 0 N–H and O–H groups in total. The van der Waals surface area contributed by atoms with Gasteiger partial charge in [-0.1, -0.05) is 72.6 Å². The van der Waals surface area contributed by atoms with Crippen LogP contribution in [0.3, 0.4) is 0 Å². The van der Waals surface area contributed by atoms with Gasteiger partial charge in [-0.2, -0.15) is 0 Å². The molecule has 102 valence electrons. The number of fused-ring (bicyclic) bond motifs is 7. The summed E-state index contributed by atoms with van der Waals surface area (Å²) in [6.45, 7) is 0.321. The normalized spacial score (nSPS) is 15.5. The van der Waals surface area contributed by atoms with Gasteiger partial charge < -0.3 is 4.81 Å². The molecule has 0 aliphatic carbocycles. The molecule has 5 rings (SSSR count). The fraction of sp³-hybridized carbons (Fsp3) is 0. The van der Waals surface area contributed by atoms with Gasteiger partial charge in [-0.3, -0.25) is 0 Å². The highest BCUT2D eigenvalue weighted by Gasteiger charge is 2.26. The Morgan fingerprint density at radius 2 is 1.64 bits per heavy atom. The zero-order valence-corrected chi connectivity index (χ0v) is 12.1. The van der Waals surface area contributed by atoms with Crippen LogP contribution in [0.15, 0.2) is 78.8 Å². The van der Waals surface area contributed by atoms with Gasteiger partial charge in [-0.05, 0) is 34.0 Å². The molecule has 2 heteroatoms. The van der Waals surface area contributed by atoms with Crippen LogP contribution in [-0.4, -0.2) is 6.85 Å². The molecule has 3 aromatic rings. The molecular formula is C20H14BN. The van der Waals surface area contributed by atoms with E-state index < -0.39 is 0 Å². The number of rotatable bonds is 0. The molecule has 1 nitrogen and oxygen atoms in total. The molecule has 0 aromatic heterocycles. The van der Waals surface area contributed by atoms with Gasteiger partial charge in [0.15, 0.2) is 0 Å². The van der Waals surface area contributed by atoms with Gasteiger partial charge >= 0.3 is 6.85 Å². The molecule has 0 saturated heterocycles. The van der Waals surface area contributed by atoms with Crippen molar-refractivity contribution in [1.29, 1.82) is 0 Å². The monoisotopic (exact) mass is 279 g/mol. The third kappa shape index (κ3) is 1.55. The number of hydrogen-bond acceptors (Lipinski definition) is 1. The van der Waals surface area contributed by atoms with Gasteiger partial charge in [-0.15, -0.1) is 0 Å². The lowest BCUT2D eigenvalue weighted by Gasteiger charge is -2.32. The molecule has 0 saturated carbocycles. The Kier molecular flexibility index (Phi) is 2.36. The molecule has 0 spiro atoms. The third-order valence-electron chi connectivity index (χ3n) is 4.63. The predicted molar refractivity (Wildman–Crippen MR) is 97.0 cm³/mol. The first kappa shape index (κ1) is 11.9. The molecule has 0 amide bonds. The van der Waals surface area contributed by atoms with Gasteiger partial charge in [-0.25, -0.2) is 0 Å². The van der Waals surface area contributed by atoms with Crippen molar-refractivity contribution in [2.45, 2.75) is 0 Å². The summed E-state index contributed by atoms with van der Waals surface area (Å²) in [5.41, 5.74) is 2.61. The van der Waals surface area contributed by atoms with E-state index in [0.717, 1.165) is 0 Å². The summed E-state index contributed by atoms with van der Waals surface area (Å²) in [7, 11) is 0. The Morgan fingerprint density at radius 3 is 2.64 bits per heavy atom. The Morgan fingerprint density at radius 1 is 0.773 bits per heavy atom. The zero-order chi connectivity index (χ0) is 14.5. The highest BCUT2D eigenvalue weighted by atomic mass is 15.1. The van der Waals surface area contributed by atoms with Crippen molar-refractivity contribution in [2.24, 2.45) is 0 Å². The molecule has 2 heterocycles. The van der Waals surface area contributed by atoms with E-state index in [9.17, 15) is 0 Å². The maximum atomic E-state index is 2.38. The van der Waals surface area contributed by atoms with Crippen LogP contribution in [0.25, 0.3) is 27.6 Å². The van der Waals surface area contributed by atoms with E-state index in [2.05, 4.69) is 89.7 Å². The topological polar surface area (TPSA) is 3.24 Å². The summed E-state index contributed by atoms with van der Waals surface area (Å²) in [5.74, 6) is 4.50. The van der Waals surface area contributed by atoms with E-state index in [4.69, 9.17) is 0 Å². The largest absolute Gasteiger partial charge is 0.383 e. The smallest absolute Gasteiger partial charge is 0.312 e. The molecular weight excluding hydrogens is 265 g/mol. The van der Waals surface area contributed by atoms with Crippen molar-refractivity contribution < 1.29 is 0 Å². The standard InChI is InChI=1S/C20H14BN/c1-2-6-18-15(5-1)7-8-16-9-10-17-11-13-21-12-3-4-14-22(21)20(17)19(16)18/h1-14H. The van der Waals surface area contributed by atoms with Crippen LogP contribution in [0.2, 0.25) is 0 Å². The second-order valence-electron chi connectivity index (χ2n) is 5.87. The molecule has 0 fully saturated rings. The molecule has 22 heavy (non-hydrogen) atoms. The second kappa shape index (κ2) is 4.38. The summed E-state index contributed by atoms with van der Waals surface area (Å²) in [6.07, 6.45) is 8.68. The zero-order valence-electron chi connectivity index (χ0n) is 12.1. The first-order valence-corrected chi connectivity index (χ1v) is 7.68. The third-order valence-corrected chi connectivity index (χ3v) is 4.63. The van der Waals surface area contributed by atoms with Gasteiger partial charge in [0.1, 0.15) is 0 Å².